The van der Waals surface area contributed by atoms with E-state index in [2.05, 4.69) is 254 Å². The molecule has 31 heteroatoms. The molecule has 13 rings (SSSR count). The smallest absolute Gasteiger partial charge is 0.744 e. The van der Waals surface area contributed by atoms with E-state index in [-0.39, 0.29) is 57.6 Å². The van der Waals surface area contributed by atoms with Gasteiger partial charge in [-0.05, 0) is 231 Å². The van der Waals surface area contributed by atoms with Crippen molar-refractivity contribution in [2.24, 2.45) is 0 Å². The molecule has 0 fully saturated rings. The first kappa shape index (κ1) is 111. The Morgan fingerprint density at radius 1 is 0.424 bits per heavy atom. The van der Waals surface area contributed by atoms with Gasteiger partial charge in [-0.3, -0.25) is 18.5 Å². The topological polar surface area (TPSA) is 356 Å². The van der Waals surface area contributed by atoms with Crippen molar-refractivity contribution in [3.63, 3.8) is 0 Å². The number of aldehydes is 1. The normalized spacial score (nSPS) is 11.4. The zero-order valence-corrected chi connectivity index (χ0v) is 81.4. The number of hydrogen-bond acceptors (Lipinski definition) is 20. The maximum atomic E-state index is 11.7. The number of anilines is 4. The quantitative estimate of drug-likeness (QED) is 0.0102. The van der Waals surface area contributed by atoms with Gasteiger partial charge in [0, 0.05) is 97.8 Å². The summed E-state index contributed by atoms with van der Waals surface area (Å²) < 4.78 is 177. The molecule has 12 aromatic rings. The molecule has 3 N–H and O–H groups in total. The molecule has 1 atom stereocenters. The number of rotatable bonds is 28. The number of hydrogen-bond donors (Lipinski definition) is 3. The van der Waals surface area contributed by atoms with E-state index in [1.807, 2.05) is 105 Å². The van der Waals surface area contributed by atoms with Crippen LogP contribution in [0, 0.1) is 26.8 Å². The van der Waals surface area contributed by atoms with Crippen LogP contribution in [0.15, 0.2) is 348 Å². The SMILES string of the molecule is C.CCN(Cc1c[c-]ccc1)c1ccc(C(=C2C=CC(=[N+](CC)Cc3cccc(S(=O)(=O)[O-])c3)C=C2)c2ccccc2C)cc1.CCN(Cc1cccc(S(=O)(=O)O)c1)c1ccccc1.CCN(Cc1ccccc1)c1ccc(C(c2ccc(N(CC)Cc3cccc(S(=O)(=O)O)c3)cc2)c2ccccc2C)cc1.CS(=O)(=O)O.Cc1ccccc1C=O.O=S(=O)=O.O=S(=O)=O.[Na+]. The molecule has 1 unspecified atom stereocenters. The molecule has 1 aliphatic carbocycles. The number of carbonyl (C=O) groups is 1. The zero-order valence-electron chi connectivity index (χ0n) is 74.5. The summed E-state index contributed by atoms with van der Waals surface area (Å²) in [4.78, 5) is 18.9. The van der Waals surface area contributed by atoms with E-state index in [0.717, 1.165) is 108 Å². The van der Waals surface area contributed by atoms with E-state index >= 15 is 0 Å². The van der Waals surface area contributed by atoms with Crippen LogP contribution in [0.2, 0.25) is 0 Å². The van der Waals surface area contributed by atoms with Gasteiger partial charge in [0.1, 0.15) is 22.9 Å². The standard InChI is InChI=1S/C38H40N2O3S.C38H38N2O3S.C15H17NO3S.C8H8O.CH4O3S.CH4.Na.2O3S/c2*1-4-39(27-30-13-7-6-8-14-30)34-22-18-32(19-23-34)38(37-17-10-9-12-29(37)3)33-20-24-35(25-21-33)40(5-2)28-31-15-11-16-36(26-31)44(41,42)43;1-2-16(14-8-4-3-5-9-14)12-13-7-6-10-15(11-13)20(17,18)19;1-7-4-2-3-5-8(7)6-9;1-5(2,3)4;;;2*1-4(2)3/h6-26,38H,4-5,27-28H2,1-3H3,(H,41,42,43);6-7,9-26H,4-5,27-28H2,1-3H3,(H,41,42,43);3-11H,2,12H2,1H3,(H,17,18,19);2-6H,1H3;1H3,(H,2,3,4);1H4;;;/q;;;;;;+1;;/p-1. The van der Waals surface area contributed by atoms with Gasteiger partial charge >= 0.3 is 50.8 Å². The number of nitrogens with zero attached hydrogens (tertiary/aromatic N) is 5. The van der Waals surface area contributed by atoms with Gasteiger partial charge in [0.2, 0.25) is 0 Å². The average Bonchev–Trinajstić information content (AvgIpc) is 0.792. The molecule has 0 bridgehead atoms. The van der Waals surface area contributed by atoms with Crippen molar-refractivity contribution >= 4 is 102 Å². The molecule has 132 heavy (non-hydrogen) atoms. The van der Waals surface area contributed by atoms with E-state index in [1.165, 1.54) is 97.9 Å². The predicted octanol–water partition coefficient (Wildman–Crippen LogP) is 15.7. The molecule has 0 aromatic heterocycles. The summed E-state index contributed by atoms with van der Waals surface area (Å²) >= 11 is 0. The van der Waals surface area contributed by atoms with Gasteiger partial charge in [0.25, 0.3) is 30.4 Å². The van der Waals surface area contributed by atoms with Crippen LogP contribution in [0.25, 0.3) is 5.57 Å². The molecule has 0 heterocycles. The van der Waals surface area contributed by atoms with Crippen molar-refractivity contribution < 1.29 is 116 Å². The molecule has 690 valence electrons. The van der Waals surface area contributed by atoms with E-state index < -0.39 is 61.7 Å². The van der Waals surface area contributed by atoms with Crippen molar-refractivity contribution in [1.29, 1.82) is 0 Å². The maximum absolute atomic E-state index is 11.7. The van der Waals surface area contributed by atoms with Crippen LogP contribution in [0.1, 0.15) is 131 Å². The molecule has 0 spiro atoms. The number of aryl methyl sites for hydroxylation is 3. The van der Waals surface area contributed by atoms with Gasteiger partial charge in [-0.25, -0.2) is 13.0 Å². The van der Waals surface area contributed by atoms with Crippen molar-refractivity contribution in [3.8, 4) is 0 Å². The van der Waals surface area contributed by atoms with Crippen LogP contribution in [0.4, 0.5) is 22.7 Å². The molecule has 0 aliphatic heterocycles. The van der Waals surface area contributed by atoms with Crippen LogP contribution in [0.3, 0.4) is 0 Å². The number of para-hydroxylation sites is 1. The number of allylic oxidation sites excluding steroid dienone is 5. The molecule has 0 radical (unpaired) electrons. The Kier molecular flexibility index (Phi) is 46.1. The first-order chi connectivity index (χ1) is 61.8. The van der Waals surface area contributed by atoms with Crippen LogP contribution in [0.5, 0.6) is 0 Å². The van der Waals surface area contributed by atoms with Gasteiger partial charge < -0.3 is 24.2 Å². The fourth-order valence-corrected chi connectivity index (χ4v) is 15.8. The summed E-state index contributed by atoms with van der Waals surface area (Å²) in [5.41, 5.74) is 23.1. The minimum absolute atomic E-state index is 0. The van der Waals surface area contributed by atoms with E-state index in [9.17, 15) is 47.6 Å². The van der Waals surface area contributed by atoms with Gasteiger partial charge in [0.15, 0.2) is 12.3 Å². The second kappa shape index (κ2) is 54.9. The third-order valence-electron chi connectivity index (χ3n) is 20.5. The number of benzene rings is 12. The third-order valence-corrected chi connectivity index (χ3v) is 23.1. The van der Waals surface area contributed by atoms with Crippen molar-refractivity contribution in [3.05, 3.63) is 417 Å². The zero-order chi connectivity index (χ0) is 95.1. The average molecular weight is 1910 g/mol. The van der Waals surface area contributed by atoms with Gasteiger partial charge in [-0.15, -0.1) is 30.8 Å². The summed E-state index contributed by atoms with van der Waals surface area (Å²) in [6, 6.07) is 102. The summed E-state index contributed by atoms with van der Waals surface area (Å²) in [5, 5.41) is 0. The van der Waals surface area contributed by atoms with Crippen LogP contribution < -0.4 is 49.2 Å². The summed E-state index contributed by atoms with van der Waals surface area (Å²) in [6.45, 7) is 24.2. The molecule has 12 aromatic carbocycles. The molecular formula is C101H110N5NaO19S6. The summed E-state index contributed by atoms with van der Waals surface area (Å²) in [5.74, 6) is 0.0741. The number of carbonyl (C=O) groups excluding carboxylic acids is 1. The Morgan fingerprint density at radius 3 is 1.19 bits per heavy atom. The molecule has 0 amide bonds. The minimum Gasteiger partial charge on any atom is -0.744 e. The van der Waals surface area contributed by atoms with Gasteiger partial charge in [-0.2, -0.15) is 55.6 Å². The van der Waals surface area contributed by atoms with Crippen LogP contribution in [-0.4, -0.2) is 133 Å². The second-order valence-electron chi connectivity index (χ2n) is 29.5. The van der Waals surface area contributed by atoms with Gasteiger partial charge in [0.05, 0.1) is 20.9 Å². The predicted molar refractivity (Wildman–Crippen MR) is 519 cm³/mol. The van der Waals surface area contributed by atoms with E-state index in [4.69, 9.17) is 34.4 Å². The Morgan fingerprint density at radius 2 is 0.788 bits per heavy atom. The molecule has 0 saturated heterocycles. The van der Waals surface area contributed by atoms with Crippen LogP contribution in [-0.2, 0) is 94.4 Å². The van der Waals surface area contributed by atoms with Crippen molar-refractivity contribution in [2.75, 3.05) is 58.6 Å². The Bertz CT molecular complexity index is 6540. The summed E-state index contributed by atoms with van der Waals surface area (Å²) in [6.07, 6.45) is 10.1. The van der Waals surface area contributed by atoms with Crippen molar-refractivity contribution in [2.45, 2.75) is 116 Å². The first-order valence-electron chi connectivity index (χ1n) is 41.2. The first-order valence-corrected chi connectivity index (χ1v) is 49.3. The monoisotopic (exact) mass is 1910 g/mol. The molecule has 0 saturated carbocycles. The molecule has 24 nitrogen and oxygen atoms in total. The fourth-order valence-electron chi connectivity index (χ4n) is 14.1. The van der Waals surface area contributed by atoms with Crippen molar-refractivity contribution in [1.82, 2.24) is 0 Å². The Balaban J connectivity index is 0.000000324. The van der Waals surface area contributed by atoms with Gasteiger partial charge in [-0.1, -0.05) is 202 Å². The summed E-state index contributed by atoms with van der Waals surface area (Å²) in [7, 11) is -22.8. The Hall–Kier alpha value is -11.7. The van der Waals surface area contributed by atoms with E-state index in [1.54, 1.807) is 18.2 Å². The third kappa shape index (κ3) is 37.1. The molecule has 1 aliphatic rings. The largest absolute Gasteiger partial charge is 1.00 e. The molecular weight excluding hydrogens is 1800 g/mol. The van der Waals surface area contributed by atoms with E-state index in [0.29, 0.717) is 25.9 Å². The minimum atomic E-state index is -4.50. The second-order valence-corrected chi connectivity index (χ2v) is 36.0. The fraction of sp³-hybridized carbons (Fsp3) is 0.208. The maximum Gasteiger partial charge on any atom is 1.00 e. The Labute approximate surface area is 803 Å². The van der Waals surface area contributed by atoms with Crippen LogP contribution >= 0.6 is 0 Å².